The summed E-state index contributed by atoms with van der Waals surface area (Å²) in [6.45, 7) is 9.78. The van der Waals surface area contributed by atoms with Crippen LogP contribution in [0.25, 0.3) is 5.57 Å². The zero-order valence-corrected chi connectivity index (χ0v) is 13.7. The zero-order chi connectivity index (χ0) is 16.0. The van der Waals surface area contributed by atoms with Gasteiger partial charge in [-0.15, -0.1) is 0 Å². The van der Waals surface area contributed by atoms with Crippen molar-refractivity contribution in [2.45, 2.75) is 26.9 Å². The molecule has 0 saturated carbocycles. The van der Waals surface area contributed by atoms with E-state index in [0.717, 1.165) is 0 Å². The number of hydrogen-bond acceptors (Lipinski definition) is 3. The number of hydrogen-bond donors (Lipinski definition) is 1. The Morgan fingerprint density at radius 2 is 2.00 bits per heavy atom. The van der Waals surface area contributed by atoms with Crippen molar-refractivity contribution in [2.75, 3.05) is 12.8 Å². The van der Waals surface area contributed by atoms with Crippen LogP contribution in [-0.2, 0) is 20.0 Å². The van der Waals surface area contributed by atoms with Crippen molar-refractivity contribution in [1.29, 1.82) is 0 Å². The van der Waals surface area contributed by atoms with Crippen LogP contribution < -0.4 is 0 Å². The largest absolute Gasteiger partial charge is 0.478 e. The van der Waals surface area contributed by atoms with Crippen molar-refractivity contribution >= 4 is 18.9 Å². The molecule has 1 N–H and O–H groups in total. The van der Waals surface area contributed by atoms with Crippen molar-refractivity contribution in [3.05, 3.63) is 42.0 Å². The quantitative estimate of drug-likeness (QED) is 0.576. The van der Waals surface area contributed by atoms with Crippen molar-refractivity contribution in [1.82, 2.24) is 0 Å². The second-order valence-corrected chi connectivity index (χ2v) is 7.98. The molecule has 1 aromatic rings. The van der Waals surface area contributed by atoms with E-state index in [4.69, 9.17) is 9.63 Å². The summed E-state index contributed by atoms with van der Waals surface area (Å²) in [6, 6.07) is 7.04. The van der Waals surface area contributed by atoms with Gasteiger partial charge in [0.05, 0.1) is 18.3 Å². The monoisotopic (exact) mass is 310 g/mol. The van der Waals surface area contributed by atoms with Gasteiger partial charge in [-0.05, 0) is 24.0 Å². The van der Waals surface area contributed by atoms with Gasteiger partial charge in [-0.3, -0.25) is 4.57 Å². The highest BCUT2D eigenvalue weighted by molar-refractivity contribution is 7.58. The van der Waals surface area contributed by atoms with Crippen molar-refractivity contribution in [3.8, 4) is 0 Å². The number of carboxylic acid groups (broad SMARTS) is 1. The molecule has 1 rings (SSSR count). The van der Waals surface area contributed by atoms with Gasteiger partial charge in [0.1, 0.15) is 0 Å². The highest BCUT2D eigenvalue weighted by Gasteiger charge is 2.26. The Balaban J connectivity index is 3.13. The van der Waals surface area contributed by atoms with Crippen LogP contribution in [0, 0.1) is 5.92 Å². The molecule has 116 valence electrons. The minimum atomic E-state index is -2.83. The predicted octanol–water partition coefficient (Wildman–Crippen LogP) is 4.26. The Hall–Kier alpha value is -1.38. The summed E-state index contributed by atoms with van der Waals surface area (Å²) in [5.74, 6) is -0.824. The Labute approximate surface area is 126 Å². The second kappa shape index (κ2) is 7.58. The fourth-order valence-corrected chi connectivity index (χ4v) is 4.99. The SMILES string of the molecule is C=C(C(=O)O)c1ccccc1CP(=O)(CC(C)C)OCC. The molecular weight excluding hydrogens is 287 g/mol. The molecule has 0 aliphatic carbocycles. The molecule has 0 radical (unpaired) electrons. The van der Waals surface area contributed by atoms with Gasteiger partial charge in [-0.1, -0.05) is 44.7 Å². The number of carbonyl (C=O) groups is 1. The Kier molecular flexibility index (Phi) is 6.38. The number of carboxylic acids is 1. The van der Waals surface area contributed by atoms with E-state index in [2.05, 4.69) is 6.58 Å². The molecule has 0 fully saturated rings. The summed E-state index contributed by atoms with van der Waals surface area (Å²) < 4.78 is 18.5. The van der Waals surface area contributed by atoms with Crippen LogP contribution in [0.4, 0.5) is 0 Å². The van der Waals surface area contributed by atoms with Gasteiger partial charge in [-0.2, -0.15) is 0 Å². The van der Waals surface area contributed by atoms with Gasteiger partial charge in [0.15, 0.2) is 0 Å². The first-order chi connectivity index (χ1) is 9.79. The number of benzene rings is 1. The van der Waals surface area contributed by atoms with E-state index in [9.17, 15) is 9.36 Å². The molecular formula is C16H23O4P. The fraction of sp³-hybridized carbons (Fsp3) is 0.438. The third-order valence-electron chi connectivity index (χ3n) is 3.02. The summed E-state index contributed by atoms with van der Waals surface area (Å²) in [6.07, 6.45) is 0.718. The third kappa shape index (κ3) is 5.14. The molecule has 4 nitrogen and oxygen atoms in total. The number of aliphatic carboxylic acids is 1. The molecule has 0 aromatic heterocycles. The maximum Gasteiger partial charge on any atom is 0.335 e. The lowest BCUT2D eigenvalue weighted by Gasteiger charge is -2.21. The first kappa shape index (κ1) is 17.7. The van der Waals surface area contributed by atoms with Crippen LogP contribution in [0.5, 0.6) is 0 Å². The van der Waals surface area contributed by atoms with Gasteiger partial charge in [-0.25, -0.2) is 4.79 Å². The van der Waals surface area contributed by atoms with Gasteiger partial charge in [0.2, 0.25) is 7.37 Å². The molecule has 0 bridgehead atoms. The minimum absolute atomic E-state index is 0.0122. The Bertz CT molecular complexity index is 563. The second-order valence-electron chi connectivity index (χ2n) is 5.41. The highest BCUT2D eigenvalue weighted by atomic mass is 31.2. The maximum absolute atomic E-state index is 12.9. The summed E-state index contributed by atoms with van der Waals surface area (Å²) in [5.41, 5.74) is 1.24. The molecule has 0 spiro atoms. The highest BCUT2D eigenvalue weighted by Crippen LogP contribution is 2.52. The molecule has 1 aromatic carbocycles. The van der Waals surface area contributed by atoms with Crippen LogP contribution in [0.1, 0.15) is 31.9 Å². The smallest absolute Gasteiger partial charge is 0.335 e. The van der Waals surface area contributed by atoms with Crippen LogP contribution in [0.15, 0.2) is 30.8 Å². The van der Waals surface area contributed by atoms with E-state index in [1.54, 1.807) is 24.3 Å². The average molecular weight is 310 g/mol. The van der Waals surface area contributed by atoms with E-state index in [0.29, 0.717) is 23.9 Å². The zero-order valence-electron chi connectivity index (χ0n) is 12.8. The molecule has 0 saturated heterocycles. The summed E-state index contributed by atoms with van der Waals surface area (Å²) in [4.78, 5) is 11.1. The normalized spacial score (nSPS) is 13.9. The maximum atomic E-state index is 12.9. The van der Waals surface area contributed by atoms with E-state index in [-0.39, 0.29) is 17.7 Å². The van der Waals surface area contributed by atoms with Crippen LogP contribution in [-0.4, -0.2) is 23.8 Å². The molecule has 0 amide bonds. The molecule has 1 unspecified atom stereocenters. The molecule has 1 atom stereocenters. The minimum Gasteiger partial charge on any atom is -0.478 e. The van der Waals surface area contributed by atoms with Gasteiger partial charge < -0.3 is 9.63 Å². The summed E-state index contributed by atoms with van der Waals surface area (Å²) in [7, 11) is -2.83. The lowest BCUT2D eigenvalue weighted by molar-refractivity contribution is -0.130. The first-order valence-electron chi connectivity index (χ1n) is 7.02. The Morgan fingerprint density at radius 1 is 1.38 bits per heavy atom. The van der Waals surface area contributed by atoms with Crippen molar-refractivity contribution < 1.29 is 19.0 Å². The molecule has 5 heteroatoms. The Morgan fingerprint density at radius 3 is 2.52 bits per heavy atom. The molecule has 21 heavy (non-hydrogen) atoms. The van der Waals surface area contributed by atoms with Crippen LogP contribution in [0.3, 0.4) is 0 Å². The summed E-state index contributed by atoms with van der Waals surface area (Å²) in [5, 5.41) is 9.11. The van der Waals surface area contributed by atoms with E-state index >= 15 is 0 Å². The van der Waals surface area contributed by atoms with Gasteiger partial charge in [0.25, 0.3) is 0 Å². The standard InChI is InChI=1S/C16H23O4P/c1-5-20-21(19,10-12(2)3)11-14-8-6-7-9-15(14)13(4)16(17)18/h6-9,12H,4-5,10-11H2,1-3H3,(H,17,18). The fourth-order valence-electron chi connectivity index (χ4n) is 2.28. The lowest BCUT2D eigenvalue weighted by atomic mass is 10.0. The van der Waals surface area contributed by atoms with Crippen LogP contribution in [0.2, 0.25) is 0 Å². The lowest BCUT2D eigenvalue weighted by Crippen LogP contribution is -2.07. The number of rotatable bonds is 8. The average Bonchev–Trinajstić information content (AvgIpc) is 2.37. The molecule has 0 aliphatic heterocycles. The van der Waals surface area contributed by atoms with Crippen molar-refractivity contribution in [2.24, 2.45) is 5.92 Å². The first-order valence-corrected chi connectivity index (χ1v) is 9.01. The van der Waals surface area contributed by atoms with Gasteiger partial charge >= 0.3 is 5.97 Å². The van der Waals surface area contributed by atoms with E-state index in [1.165, 1.54) is 0 Å². The molecule has 0 heterocycles. The summed E-state index contributed by atoms with van der Waals surface area (Å²) >= 11 is 0. The molecule has 0 aliphatic rings. The van der Waals surface area contributed by atoms with Crippen LogP contribution >= 0.6 is 7.37 Å². The topological polar surface area (TPSA) is 63.6 Å². The third-order valence-corrected chi connectivity index (χ3v) is 5.86. The van der Waals surface area contributed by atoms with E-state index in [1.807, 2.05) is 20.8 Å². The van der Waals surface area contributed by atoms with E-state index < -0.39 is 13.3 Å². The predicted molar refractivity (Wildman–Crippen MR) is 85.8 cm³/mol. The van der Waals surface area contributed by atoms with Gasteiger partial charge in [0, 0.05) is 6.16 Å². The van der Waals surface area contributed by atoms with Crippen molar-refractivity contribution in [3.63, 3.8) is 0 Å².